The molecule has 2 nitrogen and oxygen atoms in total. The summed E-state index contributed by atoms with van der Waals surface area (Å²) in [6.45, 7) is 5.86. The first-order valence-corrected chi connectivity index (χ1v) is 5.22. The molecule has 0 aliphatic rings. The smallest absolute Gasteiger partial charge is 0.0528 e. The Morgan fingerprint density at radius 2 is 1.93 bits per heavy atom. The van der Waals surface area contributed by atoms with Crippen molar-refractivity contribution in [1.82, 2.24) is 0 Å². The fraction of sp³-hybridized carbons (Fsp3) is 0.500. The van der Waals surface area contributed by atoms with E-state index in [1.54, 1.807) is 0 Å². The summed E-state index contributed by atoms with van der Waals surface area (Å²) in [6, 6.07) is 10.3. The summed E-state index contributed by atoms with van der Waals surface area (Å²) in [5.41, 5.74) is 1.23. The number of anilines is 1. The van der Waals surface area contributed by atoms with Gasteiger partial charge in [-0.25, -0.2) is 0 Å². The summed E-state index contributed by atoms with van der Waals surface area (Å²) in [5.74, 6) is 0. The number of benzene rings is 1. The summed E-state index contributed by atoms with van der Waals surface area (Å²) in [6.07, 6.45) is 0.607. The number of aliphatic hydroxyl groups excluding tert-OH is 1. The van der Waals surface area contributed by atoms with Crippen molar-refractivity contribution in [3.05, 3.63) is 30.3 Å². The quantitative estimate of drug-likeness (QED) is 0.775. The van der Waals surface area contributed by atoms with Gasteiger partial charge in [0.25, 0.3) is 0 Å². The van der Waals surface area contributed by atoms with Crippen molar-refractivity contribution in [2.45, 2.75) is 26.4 Å². The molecule has 1 rings (SSSR count). The van der Waals surface area contributed by atoms with E-state index < -0.39 is 0 Å². The van der Waals surface area contributed by atoms with Crippen LogP contribution in [0.3, 0.4) is 0 Å². The van der Waals surface area contributed by atoms with Crippen LogP contribution in [0.25, 0.3) is 0 Å². The van der Waals surface area contributed by atoms with E-state index in [1.807, 2.05) is 25.1 Å². The van der Waals surface area contributed by atoms with Crippen LogP contribution in [0, 0.1) is 0 Å². The molecule has 0 saturated carbocycles. The second-order valence-corrected chi connectivity index (χ2v) is 3.55. The average molecular weight is 193 g/mol. The monoisotopic (exact) mass is 193 g/mol. The Hall–Kier alpha value is -1.02. The second-order valence-electron chi connectivity index (χ2n) is 3.55. The number of hydrogen-bond acceptors (Lipinski definition) is 2. The standard InChI is InChI=1S/C12H19NO/c1-3-13(10-9-11(2)14)12-7-5-4-6-8-12/h4-8,11,14H,3,9-10H2,1-2H3. The van der Waals surface area contributed by atoms with Gasteiger partial charge in [-0.05, 0) is 32.4 Å². The van der Waals surface area contributed by atoms with Crippen LogP contribution in [-0.2, 0) is 0 Å². The van der Waals surface area contributed by atoms with Gasteiger partial charge >= 0.3 is 0 Å². The number of rotatable bonds is 5. The highest BCUT2D eigenvalue weighted by atomic mass is 16.3. The molecule has 0 saturated heterocycles. The van der Waals surface area contributed by atoms with Crippen LogP contribution in [0.15, 0.2) is 30.3 Å². The fourth-order valence-corrected chi connectivity index (χ4v) is 1.45. The molecule has 0 radical (unpaired) electrons. The van der Waals surface area contributed by atoms with Gasteiger partial charge in [0, 0.05) is 18.8 Å². The molecule has 0 spiro atoms. The molecule has 1 aromatic rings. The minimum absolute atomic E-state index is 0.215. The molecular weight excluding hydrogens is 174 g/mol. The van der Waals surface area contributed by atoms with E-state index in [9.17, 15) is 5.11 Å². The first-order chi connectivity index (χ1) is 6.74. The number of aliphatic hydroxyl groups is 1. The maximum atomic E-state index is 9.22. The lowest BCUT2D eigenvalue weighted by molar-refractivity contribution is 0.186. The van der Waals surface area contributed by atoms with Crippen molar-refractivity contribution in [3.63, 3.8) is 0 Å². The van der Waals surface area contributed by atoms with Crippen molar-refractivity contribution in [2.75, 3.05) is 18.0 Å². The summed E-state index contributed by atoms with van der Waals surface area (Å²) < 4.78 is 0. The molecule has 1 atom stereocenters. The average Bonchev–Trinajstić information content (AvgIpc) is 2.20. The zero-order valence-electron chi connectivity index (χ0n) is 8.98. The van der Waals surface area contributed by atoms with E-state index in [1.165, 1.54) is 5.69 Å². The number of para-hydroxylation sites is 1. The van der Waals surface area contributed by atoms with E-state index in [4.69, 9.17) is 0 Å². The molecule has 0 amide bonds. The van der Waals surface area contributed by atoms with Crippen LogP contribution in [0.4, 0.5) is 5.69 Å². The Kier molecular flexibility index (Phi) is 4.47. The van der Waals surface area contributed by atoms with Crippen molar-refractivity contribution >= 4 is 5.69 Å². The van der Waals surface area contributed by atoms with Crippen LogP contribution in [0.5, 0.6) is 0 Å². The van der Waals surface area contributed by atoms with Crippen molar-refractivity contribution in [1.29, 1.82) is 0 Å². The number of nitrogens with zero attached hydrogens (tertiary/aromatic N) is 1. The zero-order chi connectivity index (χ0) is 10.4. The van der Waals surface area contributed by atoms with Crippen LogP contribution >= 0.6 is 0 Å². The first-order valence-electron chi connectivity index (χ1n) is 5.22. The molecule has 0 aromatic heterocycles. The van der Waals surface area contributed by atoms with Crippen LogP contribution < -0.4 is 4.90 Å². The highest BCUT2D eigenvalue weighted by Gasteiger charge is 2.04. The summed E-state index contributed by atoms with van der Waals surface area (Å²) in [7, 11) is 0. The minimum atomic E-state index is -0.215. The van der Waals surface area contributed by atoms with Gasteiger partial charge in [0.05, 0.1) is 6.10 Å². The lowest BCUT2D eigenvalue weighted by atomic mass is 10.2. The Balaban J connectivity index is 2.54. The highest BCUT2D eigenvalue weighted by molar-refractivity contribution is 5.45. The Labute approximate surface area is 86.2 Å². The SMILES string of the molecule is CCN(CCC(C)O)c1ccccc1. The molecule has 0 aliphatic carbocycles. The van der Waals surface area contributed by atoms with Gasteiger partial charge in [-0.15, -0.1) is 0 Å². The third-order valence-electron chi connectivity index (χ3n) is 2.32. The zero-order valence-corrected chi connectivity index (χ0v) is 8.98. The molecule has 2 heteroatoms. The summed E-state index contributed by atoms with van der Waals surface area (Å²) in [4.78, 5) is 2.27. The van der Waals surface area contributed by atoms with E-state index in [2.05, 4.69) is 24.0 Å². The maximum Gasteiger partial charge on any atom is 0.0528 e. The van der Waals surface area contributed by atoms with Gasteiger partial charge in [0.15, 0.2) is 0 Å². The predicted octanol–water partition coefficient (Wildman–Crippen LogP) is 2.28. The maximum absolute atomic E-state index is 9.22. The van der Waals surface area contributed by atoms with E-state index >= 15 is 0 Å². The summed E-state index contributed by atoms with van der Waals surface area (Å²) in [5, 5.41) is 9.22. The van der Waals surface area contributed by atoms with Crippen LogP contribution in [0.2, 0.25) is 0 Å². The predicted molar refractivity (Wildman–Crippen MR) is 60.6 cm³/mol. The van der Waals surface area contributed by atoms with Gasteiger partial charge in [-0.3, -0.25) is 0 Å². The van der Waals surface area contributed by atoms with Crippen LogP contribution in [0.1, 0.15) is 20.3 Å². The molecule has 1 unspecified atom stereocenters. The van der Waals surface area contributed by atoms with Gasteiger partial charge < -0.3 is 10.0 Å². The topological polar surface area (TPSA) is 23.5 Å². The first kappa shape index (κ1) is 11.1. The minimum Gasteiger partial charge on any atom is -0.393 e. The van der Waals surface area contributed by atoms with Crippen LogP contribution in [-0.4, -0.2) is 24.3 Å². The lowest BCUT2D eigenvalue weighted by Crippen LogP contribution is -2.26. The Morgan fingerprint density at radius 3 is 2.43 bits per heavy atom. The molecular formula is C12H19NO. The Morgan fingerprint density at radius 1 is 1.29 bits per heavy atom. The normalized spacial score (nSPS) is 12.5. The van der Waals surface area contributed by atoms with Gasteiger partial charge in [-0.1, -0.05) is 18.2 Å². The fourth-order valence-electron chi connectivity index (χ4n) is 1.45. The van der Waals surface area contributed by atoms with Gasteiger partial charge in [0.1, 0.15) is 0 Å². The molecule has 1 aromatic carbocycles. The Bertz CT molecular complexity index is 246. The summed E-state index contributed by atoms with van der Waals surface area (Å²) >= 11 is 0. The van der Waals surface area contributed by atoms with Crippen molar-refractivity contribution in [2.24, 2.45) is 0 Å². The van der Waals surface area contributed by atoms with Crippen molar-refractivity contribution in [3.8, 4) is 0 Å². The molecule has 0 bridgehead atoms. The van der Waals surface area contributed by atoms with Crippen molar-refractivity contribution < 1.29 is 5.11 Å². The molecule has 0 fully saturated rings. The lowest BCUT2D eigenvalue weighted by Gasteiger charge is -2.23. The largest absolute Gasteiger partial charge is 0.393 e. The van der Waals surface area contributed by atoms with Gasteiger partial charge in [-0.2, -0.15) is 0 Å². The van der Waals surface area contributed by atoms with E-state index in [0.717, 1.165) is 19.5 Å². The second kappa shape index (κ2) is 5.66. The molecule has 14 heavy (non-hydrogen) atoms. The molecule has 1 N–H and O–H groups in total. The third kappa shape index (κ3) is 3.38. The van der Waals surface area contributed by atoms with E-state index in [0.29, 0.717) is 0 Å². The van der Waals surface area contributed by atoms with Gasteiger partial charge in [0.2, 0.25) is 0 Å². The molecule has 0 heterocycles. The number of hydrogen-bond donors (Lipinski definition) is 1. The van der Waals surface area contributed by atoms with E-state index in [-0.39, 0.29) is 6.10 Å². The molecule has 78 valence electrons. The third-order valence-corrected chi connectivity index (χ3v) is 2.32. The molecule has 0 aliphatic heterocycles. The highest BCUT2D eigenvalue weighted by Crippen LogP contribution is 2.13.